The molecule has 0 fully saturated rings. The van der Waals surface area contributed by atoms with Gasteiger partial charge in [0, 0.05) is 19.3 Å². The van der Waals surface area contributed by atoms with E-state index in [0.717, 1.165) is 96.3 Å². The van der Waals surface area contributed by atoms with Crippen molar-refractivity contribution in [1.82, 2.24) is 0 Å². The van der Waals surface area contributed by atoms with Gasteiger partial charge in [-0.1, -0.05) is 214 Å². The average Bonchev–Trinajstić information content (AvgIpc) is 3.37. The van der Waals surface area contributed by atoms with E-state index >= 15 is 0 Å². The number of ether oxygens (including phenoxy) is 3. The highest BCUT2D eigenvalue weighted by atomic mass is 31.2. The van der Waals surface area contributed by atoms with Gasteiger partial charge in [0.25, 0.3) is 0 Å². The van der Waals surface area contributed by atoms with Crippen molar-refractivity contribution in [3.05, 3.63) is 97.2 Å². The summed E-state index contributed by atoms with van der Waals surface area (Å²) in [5.41, 5.74) is 0. The molecule has 11 nitrogen and oxygen atoms in total. The van der Waals surface area contributed by atoms with Crippen LogP contribution in [0.5, 0.6) is 0 Å². The van der Waals surface area contributed by atoms with Crippen LogP contribution in [0.3, 0.4) is 0 Å². The summed E-state index contributed by atoms with van der Waals surface area (Å²) in [5.74, 6) is -1.59. The third-order valence-corrected chi connectivity index (χ3v) is 12.5. The molecule has 0 spiro atoms. The Balaban J connectivity index is 4.88. The smallest absolute Gasteiger partial charge is 0.462 e. The Kier molecular flexibility index (Phi) is 51.0. The zero-order chi connectivity index (χ0) is 52.7. The third kappa shape index (κ3) is 51.3. The van der Waals surface area contributed by atoms with Crippen molar-refractivity contribution >= 4 is 25.7 Å². The summed E-state index contributed by atoms with van der Waals surface area (Å²) in [6.45, 7) is 4.39. The van der Waals surface area contributed by atoms with Gasteiger partial charge in [-0.05, 0) is 89.9 Å². The lowest BCUT2D eigenvalue weighted by Gasteiger charge is -2.21. The minimum absolute atomic E-state index is 0.0363. The maximum atomic E-state index is 12.9. The highest BCUT2D eigenvalue weighted by Gasteiger charge is 2.28. The predicted octanol–water partition coefficient (Wildman–Crippen LogP) is 16.5. The topological polar surface area (TPSA) is 155 Å². The fraction of sp³-hybridized carbons (Fsp3) is 0.683. The lowest BCUT2D eigenvalue weighted by Crippen LogP contribution is -2.30. The molecule has 2 N–H and O–H groups in total. The zero-order valence-electron chi connectivity index (χ0n) is 45.4. The van der Waals surface area contributed by atoms with Crippen LogP contribution in [-0.2, 0) is 42.2 Å². The van der Waals surface area contributed by atoms with Crippen LogP contribution in [0.4, 0.5) is 0 Å². The van der Waals surface area contributed by atoms with E-state index in [2.05, 4.69) is 106 Å². The van der Waals surface area contributed by atoms with Crippen molar-refractivity contribution in [3.63, 3.8) is 0 Å². The van der Waals surface area contributed by atoms with Gasteiger partial charge in [-0.3, -0.25) is 23.4 Å². The summed E-state index contributed by atoms with van der Waals surface area (Å²) >= 11 is 0. The van der Waals surface area contributed by atoms with Gasteiger partial charge in [-0.25, -0.2) is 4.57 Å². The van der Waals surface area contributed by atoms with Crippen molar-refractivity contribution < 1.29 is 52.2 Å². The Bertz CT molecular complexity index is 1580. The first-order chi connectivity index (χ1) is 35.2. The molecule has 0 aromatic heterocycles. The van der Waals surface area contributed by atoms with Crippen LogP contribution in [0.15, 0.2) is 97.2 Å². The first-order valence-corrected chi connectivity index (χ1v) is 29.6. The minimum atomic E-state index is -4.77. The molecule has 3 atom stereocenters. The summed E-state index contributed by atoms with van der Waals surface area (Å²) in [7, 11) is -4.77. The lowest BCUT2D eigenvalue weighted by molar-refractivity contribution is -0.161. The average molecular weight is 1030 g/mol. The fourth-order valence-electron chi connectivity index (χ4n) is 7.23. The second-order valence-electron chi connectivity index (χ2n) is 18.4. The van der Waals surface area contributed by atoms with Gasteiger partial charge in [0.15, 0.2) is 6.10 Å². The van der Waals surface area contributed by atoms with Crippen LogP contribution in [0.2, 0.25) is 0 Å². The van der Waals surface area contributed by atoms with E-state index in [1.165, 1.54) is 64.2 Å². The van der Waals surface area contributed by atoms with Gasteiger partial charge >= 0.3 is 25.7 Å². The van der Waals surface area contributed by atoms with Crippen LogP contribution >= 0.6 is 7.82 Å². The Morgan fingerprint density at radius 2 is 0.750 bits per heavy atom. The zero-order valence-corrected chi connectivity index (χ0v) is 46.3. The number of hydrogen-bond acceptors (Lipinski definition) is 10. The summed E-state index contributed by atoms with van der Waals surface area (Å²) in [6, 6.07) is 0. The number of rotatable bonds is 51. The number of phosphoric ester groups is 1. The molecule has 72 heavy (non-hydrogen) atoms. The number of aliphatic hydroxyl groups excluding tert-OH is 1. The van der Waals surface area contributed by atoms with E-state index in [1.807, 2.05) is 12.2 Å². The summed E-state index contributed by atoms with van der Waals surface area (Å²) in [4.78, 5) is 48.4. The molecule has 0 aromatic rings. The molecule has 0 amide bonds. The highest BCUT2D eigenvalue weighted by molar-refractivity contribution is 7.47. The Morgan fingerprint density at radius 1 is 0.403 bits per heavy atom. The Morgan fingerprint density at radius 3 is 1.22 bits per heavy atom. The quantitative estimate of drug-likeness (QED) is 0.0197. The van der Waals surface area contributed by atoms with E-state index in [0.29, 0.717) is 25.7 Å². The van der Waals surface area contributed by atoms with Crippen molar-refractivity contribution in [3.8, 4) is 0 Å². The standard InChI is InChI=1S/C60H101O11P/c1-4-7-10-13-16-19-22-24-26-27-28-29-31-33-36-39-42-45-48-51-60(64)71-57(53-67-58(62)49-46-43-40-37-35-32-30-25-23-20-17-14-11-8-5-2)55-69-72(65,66)68-54-56(52-61)70-59(63)50-47-44-41-38-34-21-18-15-12-9-6-3/h7,10,16-17,19-20,24-26,28-30,33,36,42,45,56-57,61H,4-6,8-9,11-15,18,21-23,27,31-32,34-35,37-41,43-44,46-55H2,1-3H3,(H,65,66)/b10-7-,19-16-,20-17-,26-24-,29-28-,30-25-,36-33-,45-42-. The molecule has 0 saturated carbocycles. The fourth-order valence-corrected chi connectivity index (χ4v) is 8.02. The summed E-state index contributed by atoms with van der Waals surface area (Å²) in [6.07, 6.45) is 62.4. The molecule has 0 aliphatic heterocycles. The molecule has 0 heterocycles. The van der Waals surface area contributed by atoms with E-state index in [9.17, 15) is 28.9 Å². The molecule has 0 rings (SSSR count). The van der Waals surface area contributed by atoms with E-state index < -0.39 is 57.8 Å². The van der Waals surface area contributed by atoms with Gasteiger partial charge in [0.1, 0.15) is 12.7 Å². The molecule has 0 aliphatic rings. The second kappa shape index (κ2) is 53.7. The molecule has 0 aliphatic carbocycles. The Hall–Kier alpha value is -3.60. The summed E-state index contributed by atoms with van der Waals surface area (Å²) in [5, 5.41) is 9.78. The molecule has 12 heteroatoms. The third-order valence-electron chi connectivity index (χ3n) is 11.5. The van der Waals surface area contributed by atoms with Crippen molar-refractivity contribution in [2.75, 3.05) is 26.4 Å². The number of allylic oxidation sites excluding steroid dienone is 16. The van der Waals surface area contributed by atoms with E-state index in [-0.39, 0.29) is 25.9 Å². The van der Waals surface area contributed by atoms with Gasteiger partial charge in [0.05, 0.1) is 19.8 Å². The van der Waals surface area contributed by atoms with Gasteiger partial charge < -0.3 is 24.2 Å². The largest absolute Gasteiger partial charge is 0.472 e. The van der Waals surface area contributed by atoms with Crippen molar-refractivity contribution in [2.24, 2.45) is 0 Å². The number of aliphatic hydroxyl groups is 1. The van der Waals surface area contributed by atoms with Gasteiger partial charge in [-0.2, -0.15) is 0 Å². The van der Waals surface area contributed by atoms with Gasteiger partial charge in [0.2, 0.25) is 0 Å². The first-order valence-electron chi connectivity index (χ1n) is 28.1. The van der Waals surface area contributed by atoms with Crippen LogP contribution in [0, 0.1) is 0 Å². The second-order valence-corrected chi connectivity index (χ2v) is 19.8. The van der Waals surface area contributed by atoms with Gasteiger partial charge in [-0.15, -0.1) is 0 Å². The SMILES string of the molecule is CC/C=C\C/C=C\C/C=C\C/C=C\C/C=C\C/C=C\CCC(=O)OC(COC(=O)CCCCCCC/C=C\C/C=C\CCCCC)COP(=O)(O)OCC(CO)OC(=O)CCCCCCCCCCCCC. The maximum absolute atomic E-state index is 12.9. The van der Waals surface area contributed by atoms with E-state index in [4.69, 9.17) is 23.3 Å². The number of carbonyl (C=O) groups is 3. The van der Waals surface area contributed by atoms with E-state index in [1.54, 1.807) is 0 Å². The molecule has 0 radical (unpaired) electrons. The van der Waals surface area contributed by atoms with Crippen LogP contribution in [-0.4, -0.2) is 66.5 Å². The molecule has 3 unspecified atom stereocenters. The lowest BCUT2D eigenvalue weighted by atomic mass is 10.1. The highest BCUT2D eigenvalue weighted by Crippen LogP contribution is 2.43. The minimum Gasteiger partial charge on any atom is -0.462 e. The molecular weight excluding hydrogens is 928 g/mol. The molecule has 0 aromatic carbocycles. The summed E-state index contributed by atoms with van der Waals surface area (Å²) < 4.78 is 39.3. The van der Waals surface area contributed by atoms with Crippen molar-refractivity contribution in [2.45, 2.75) is 238 Å². The molecule has 0 bridgehead atoms. The number of unbranched alkanes of at least 4 members (excludes halogenated alkanes) is 18. The molecular formula is C60H101O11P. The number of hydrogen-bond donors (Lipinski definition) is 2. The molecule has 412 valence electrons. The maximum Gasteiger partial charge on any atom is 0.472 e. The van der Waals surface area contributed by atoms with Crippen LogP contribution in [0.1, 0.15) is 226 Å². The van der Waals surface area contributed by atoms with Crippen molar-refractivity contribution in [1.29, 1.82) is 0 Å². The normalized spacial score (nSPS) is 14.1. The monoisotopic (exact) mass is 1030 g/mol. The first kappa shape index (κ1) is 68.4. The van der Waals surface area contributed by atoms with Crippen LogP contribution < -0.4 is 0 Å². The molecule has 0 saturated heterocycles. The number of carbonyl (C=O) groups excluding carboxylic acids is 3. The predicted molar refractivity (Wildman–Crippen MR) is 297 cm³/mol. The number of phosphoric acid groups is 1. The Labute approximate surface area is 438 Å². The number of esters is 3. The van der Waals surface area contributed by atoms with Crippen LogP contribution in [0.25, 0.3) is 0 Å².